The second-order valence-corrected chi connectivity index (χ2v) is 7.03. The van der Waals surface area contributed by atoms with Gasteiger partial charge in [0.2, 0.25) is 5.75 Å². The summed E-state index contributed by atoms with van der Waals surface area (Å²) in [5.41, 5.74) is 0.672. The van der Waals surface area contributed by atoms with Crippen LogP contribution >= 0.6 is 11.8 Å². The van der Waals surface area contributed by atoms with Gasteiger partial charge in [-0.15, -0.1) is 0 Å². The summed E-state index contributed by atoms with van der Waals surface area (Å²) in [7, 11) is 5.79. The zero-order valence-corrected chi connectivity index (χ0v) is 16.5. The standard InChI is InChI=1S/C20H22O6S/c1-23-16-10-14(11-17(24-2)18(16)25-3)12-20(13-21,19(22)26-4)27-15-8-6-5-7-9-15/h5-11,13H,12H2,1-4H3/t20-/m1/s1. The van der Waals surface area contributed by atoms with Crippen molar-refractivity contribution in [3.8, 4) is 17.2 Å². The van der Waals surface area contributed by atoms with Crippen molar-refractivity contribution in [2.24, 2.45) is 0 Å². The van der Waals surface area contributed by atoms with Gasteiger partial charge in [-0.1, -0.05) is 30.0 Å². The summed E-state index contributed by atoms with van der Waals surface area (Å²) in [4.78, 5) is 25.4. The Hall–Kier alpha value is -2.67. The quantitative estimate of drug-likeness (QED) is 0.282. The molecule has 0 N–H and O–H groups in total. The molecule has 2 aromatic carbocycles. The first-order chi connectivity index (χ1) is 13.0. The summed E-state index contributed by atoms with van der Waals surface area (Å²) >= 11 is 1.15. The van der Waals surface area contributed by atoms with Gasteiger partial charge in [0.1, 0.15) is 6.29 Å². The highest BCUT2D eigenvalue weighted by atomic mass is 32.2. The summed E-state index contributed by atoms with van der Waals surface area (Å²) in [5, 5.41) is 0. The Kier molecular flexibility index (Phi) is 7.12. The first kappa shape index (κ1) is 20.6. The molecule has 144 valence electrons. The summed E-state index contributed by atoms with van der Waals surface area (Å²) in [5.74, 6) is 0.705. The van der Waals surface area contributed by atoms with Crippen molar-refractivity contribution >= 4 is 24.0 Å². The number of carbonyl (C=O) groups excluding carboxylic acids is 2. The van der Waals surface area contributed by atoms with Crippen LogP contribution in [-0.2, 0) is 20.7 Å². The Balaban J connectivity index is 2.49. The molecule has 0 fully saturated rings. The lowest BCUT2D eigenvalue weighted by Gasteiger charge is -2.25. The molecule has 2 aromatic rings. The number of hydrogen-bond donors (Lipinski definition) is 0. The molecule has 0 aliphatic carbocycles. The van der Waals surface area contributed by atoms with Crippen LogP contribution in [0.3, 0.4) is 0 Å². The maximum atomic E-state index is 12.5. The van der Waals surface area contributed by atoms with Crippen LogP contribution in [0.4, 0.5) is 0 Å². The van der Waals surface area contributed by atoms with E-state index < -0.39 is 10.7 Å². The van der Waals surface area contributed by atoms with Crippen LogP contribution in [0.2, 0.25) is 0 Å². The fourth-order valence-electron chi connectivity index (χ4n) is 2.68. The summed E-state index contributed by atoms with van der Waals surface area (Å²) in [6.07, 6.45) is 0.721. The Morgan fingerprint density at radius 2 is 1.59 bits per heavy atom. The molecule has 0 bridgehead atoms. The van der Waals surface area contributed by atoms with Gasteiger partial charge in [0.25, 0.3) is 0 Å². The van der Waals surface area contributed by atoms with Crippen molar-refractivity contribution in [2.45, 2.75) is 16.1 Å². The molecule has 2 rings (SSSR count). The molecule has 0 unspecified atom stereocenters. The second-order valence-electron chi connectivity index (χ2n) is 5.62. The third-order valence-corrected chi connectivity index (χ3v) is 5.24. The molecule has 0 aliphatic rings. The molecule has 7 heteroatoms. The maximum Gasteiger partial charge on any atom is 0.330 e. The van der Waals surface area contributed by atoms with Gasteiger partial charge in [0.15, 0.2) is 16.2 Å². The van der Waals surface area contributed by atoms with Crippen LogP contribution < -0.4 is 14.2 Å². The number of aldehydes is 1. The summed E-state index contributed by atoms with van der Waals surface area (Å²) in [6, 6.07) is 12.7. The monoisotopic (exact) mass is 390 g/mol. The molecule has 0 heterocycles. The Morgan fingerprint density at radius 1 is 1.00 bits per heavy atom. The number of hydrogen-bond acceptors (Lipinski definition) is 7. The van der Waals surface area contributed by atoms with Crippen molar-refractivity contribution in [3.05, 3.63) is 48.0 Å². The van der Waals surface area contributed by atoms with E-state index in [1.807, 2.05) is 30.3 Å². The lowest BCUT2D eigenvalue weighted by atomic mass is 9.99. The first-order valence-electron chi connectivity index (χ1n) is 8.11. The number of methoxy groups -OCH3 is 4. The lowest BCUT2D eigenvalue weighted by Crippen LogP contribution is -2.40. The third kappa shape index (κ3) is 4.54. The number of rotatable bonds is 9. The molecule has 27 heavy (non-hydrogen) atoms. The van der Waals surface area contributed by atoms with Crippen LogP contribution in [0.25, 0.3) is 0 Å². The van der Waals surface area contributed by atoms with E-state index in [0.717, 1.165) is 16.7 Å². The minimum Gasteiger partial charge on any atom is -0.493 e. The van der Waals surface area contributed by atoms with Crippen molar-refractivity contribution in [1.82, 2.24) is 0 Å². The zero-order chi connectivity index (χ0) is 19.9. The fraction of sp³-hybridized carbons (Fsp3) is 0.300. The number of ether oxygens (including phenoxy) is 4. The van der Waals surface area contributed by atoms with E-state index in [2.05, 4.69) is 0 Å². The van der Waals surface area contributed by atoms with Gasteiger partial charge >= 0.3 is 5.97 Å². The van der Waals surface area contributed by atoms with Crippen LogP contribution in [0.5, 0.6) is 17.2 Å². The number of carbonyl (C=O) groups is 2. The molecular formula is C20H22O6S. The van der Waals surface area contributed by atoms with E-state index in [4.69, 9.17) is 18.9 Å². The molecule has 0 aromatic heterocycles. The van der Waals surface area contributed by atoms with E-state index in [1.165, 1.54) is 28.4 Å². The molecule has 6 nitrogen and oxygen atoms in total. The molecule has 0 spiro atoms. The maximum absolute atomic E-state index is 12.5. The third-order valence-electron chi connectivity index (χ3n) is 3.96. The fourth-order valence-corrected chi connectivity index (χ4v) is 3.84. The second kappa shape index (κ2) is 9.32. The number of esters is 1. The van der Waals surface area contributed by atoms with Crippen molar-refractivity contribution in [3.63, 3.8) is 0 Å². The summed E-state index contributed by atoms with van der Waals surface area (Å²) in [6.45, 7) is 0. The SMILES string of the molecule is COC(=O)[C@](C=O)(Cc1cc(OC)c(OC)c(OC)c1)Sc1ccccc1. The molecule has 0 saturated carbocycles. The van der Waals surface area contributed by atoms with Crippen LogP contribution in [0.1, 0.15) is 5.56 Å². The average Bonchev–Trinajstić information content (AvgIpc) is 2.72. The van der Waals surface area contributed by atoms with E-state index in [-0.39, 0.29) is 6.42 Å². The van der Waals surface area contributed by atoms with Crippen LogP contribution in [0, 0.1) is 0 Å². The smallest absolute Gasteiger partial charge is 0.330 e. The predicted octanol–water partition coefficient (Wildman–Crippen LogP) is 3.16. The zero-order valence-electron chi connectivity index (χ0n) is 15.7. The van der Waals surface area contributed by atoms with Crippen molar-refractivity contribution < 1.29 is 28.5 Å². The predicted molar refractivity (Wildman–Crippen MR) is 103 cm³/mol. The Morgan fingerprint density at radius 3 is 2.04 bits per heavy atom. The Labute approximate surface area is 162 Å². The highest BCUT2D eigenvalue weighted by Gasteiger charge is 2.41. The highest BCUT2D eigenvalue weighted by molar-refractivity contribution is 8.02. The minimum atomic E-state index is -1.44. The van der Waals surface area contributed by atoms with Crippen LogP contribution in [-0.4, -0.2) is 45.4 Å². The molecule has 0 amide bonds. The Bertz CT molecular complexity index is 767. The van der Waals surface area contributed by atoms with Crippen LogP contribution in [0.15, 0.2) is 47.4 Å². The summed E-state index contributed by atoms with van der Waals surface area (Å²) < 4.78 is 19.5. The molecule has 0 aliphatic heterocycles. The molecule has 0 radical (unpaired) electrons. The van der Waals surface area contributed by atoms with Gasteiger partial charge in [0.05, 0.1) is 28.4 Å². The van der Waals surface area contributed by atoms with Crippen molar-refractivity contribution in [2.75, 3.05) is 28.4 Å². The molecular weight excluding hydrogens is 368 g/mol. The van der Waals surface area contributed by atoms with E-state index in [9.17, 15) is 9.59 Å². The number of benzene rings is 2. The van der Waals surface area contributed by atoms with Gasteiger partial charge in [-0.05, 0) is 29.8 Å². The van der Waals surface area contributed by atoms with E-state index in [0.29, 0.717) is 29.1 Å². The topological polar surface area (TPSA) is 71.1 Å². The van der Waals surface area contributed by atoms with E-state index in [1.54, 1.807) is 12.1 Å². The van der Waals surface area contributed by atoms with Gasteiger partial charge in [-0.2, -0.15) is 0 Å². The van der Waals surface area contributed by atoms with Gasteiger partial charge < -0.3 is 23.7 Å². The lowest BCUT2D eigenvalue weighted by molar-refractivity contribution is -0.144. The van der Waals surface area contributed by atoms with Gasteiger partial charge in [-0.25, -0.2) is 0 Å². The first-order valence-corrected chi connectivity index (χ1v) is 8.93. The molecule has 0 saturated heterocycles. The van der Waals surface area contributed by atoms with Crippen molar-refractivity contribution in [1.29, 1.82) is 0 Å². The minimum absolute atomic E-state index is 0.0967. The van der Waals surface area contributed by atoms with Gasteiger partial charge in [-0.3, -0.25) is 4.79 Å². The molecule has 1 atom stereocenters. The number of thioether (sulfide) groups is 1. The largest absolute Gasteiger partial charge is 0.493 e. The highest BCUT2D eigenvalue weighted by Crippen LogP contribution is 2.41. The van der Waals surface area contributed by atoms with Gasteiger partial charge in [0, 0.05) is 11.3 Å². The van der Waals surface area contributed by atoms with E-state index >= 15 is 0 Å². The normalized spacial score (nSPS) is 12.6. The average molecular weight is 390 g/mol.